The molecule has 3 rings (SSSR count). The molecule has 0 bridgehead atoms. The van der Waals surface area contributed by atoms with Gasteiger partial charge in [-0.25, -0.2) is 4.39 Å². The van der Waals surface area contributed by atoms with E-state index in [1.807, 2.05) is 0 Å². The molecule has 1 aromatic heterocycles. The van der Waals surface area contributed by atoms with Crippen LogP contribution < -0.4 is 0 Å². The molecular weight excluding hydrogens is 293 g/mol. The number of carbonyl (C=O) groups is 2. The monoisotopic (exact) mass is 307 g/mol. The third-order valence-corrected chi connectivity index (χ3v) is 4.83. The molecule has 1 N–H and O–H groups in total. The second kappa shape index (κ2) is 5.44. The fourth-order valence-corrected chi connectivity index (χ4v) is 3.81. The van der Waals surface area contributed by atoms with E-state index in [0.29, 0.717) is 11.4 Å². The Labute approximate surface area is 124 Å². The van der Waals surface area contributed by atoms with Crippen LogP contribution in [-0.2, 0) is 4.79 Å². The number of hydrogen-bond acceptors (Lipinski definition) is 3. The Morgan fingerprint density at radius 1 is 1.38 bits per heavy atom. The maximum Gasteiger partial charge on any atom is 0.305 e. The minimum atomic E-state index is -0.891. The summed E-state index contributed by atoms with van der Waals surface area (Å²) in [5.41, 5.74) is 0. The lowest BCUT2D eigenvalue weighted by atomic mass is 10.1. The van der Waals surface area contributed by atoms with Crippen LogP contribution in [0.15, 0.2) is 24.3 Å². The lowest BCUT2D eigenvalue weighted by Gasteiger charge is -2.22. The van der Waals surface area contributed by atoms with Crippen LogP contribution in [0.3, 0.4) is 0 Å². The van der Waals surface area contributed by atoms with Gasteiger partial charge in [-0.3, -0.25) is 9.59 Å². The zero-order valence-electron chi connectivity index (χ0n) is 11.2. The normalized spacial score (nSPS) is 18.3. The van der Waals surface area contributed by atoms with E-state index in [2.05, 4.69) is 0 Å². The van der Waals surface area contributed by atoms with Gasteiger partial charge in [0.25, 0.3) is 5.91 Å². The van der Waals surface area contributed by atoms with Crippen molar-refractivity contribution < 1.29 is 19.1 Å². The molecule has 0 aliphatic carbocycles. The van der Waals surface area contributed by atoms with Crippen molar-refractivity contribution in [1.82, 2.24) is 4.90 Å². The maximum atomic E-state index is 13.2. The number of carbonyl (C=O) groups excluding carboxylic acids is 1. The highest BCUT2D eigenvalue weighted by atomic mass is 32.1. The Kier molecular flexibility index (Phi) is 3.63. The number of halogens is 1. The first-order valence-electron chi connectivity index (χ1n) is 6.76. The van der Waals surface area contributed by atoms with Gasteiger partial charge in [0.15, 0.2) is 0 Å². The molecule has 110 valence electrons. The number of nitrogens with zero attached hydrogens (tertiary/aromatic N) is 1. The Hall–Kier alpha value is -1.95. The predicted octanol–water partition coefficient (Wildman–Crippen LogP) is 3.12. The maximum absolute atomic E-state index is 13.2. The van der Waals surface area contributed by atoms with Crippen molar-refractivity contribution >= 4 is 33.3 Å². The Bertz CT molecular complexity index is 712. The van der Waals surface area contributed by atoms with Crippen LogP contribution in [0.1, 0.15) is 28.9 Å². The number of aliphatic carboxylic acids is 1. The second-order valence-electron chi connectivity index (χ2n) is 5.19. The number of carboxylic acids is 1. The number of likely N-dealkylation sites (tertiary alicyclic amines) is 1. The summed E-state index contributed by atoms with van der Waals surface area (Å²) < 4.78 is 13.9. The van der Waals surface area contributed by atoms with E-state index in [9.17, 15) is 14.0 Å². The molecule has 6 heteroatoms. The van der Waals surface area contributed by atoms with Gasteiger partial charge in [0.05, 0.1) is 11.3 Å². The number of thiophene rings is 1. The molecule has 1 amide bonds. The molecule has 0 saturated carbocycles. The molecule has 0 radical (unpaired) electrons. The Balaban J connectivity index is 1.87. The van der Waals surface area contributed by atoms with Crippen molar-refractivity contribution in [1.29, 1.82) is 0 Å². The molecule has 1 unspecified atom stereocenters. The second-order valence-corrected chi connectivity index (χ2v) is 6.27. The van der Waals surface area contributed by atoms with Gasteiger partial charge in [-0.05, 0) is 36.4 Å². The first kappa shape index (κ1) is 14.0. The Morgan fingerprint density at radius 3 is 2.95 bits per heavy atom. The van der Waals surface area contributed by atoms with E-state index in [-0.39, 0.29) is 24.2 Å². The van der Waals surface area contributed by atoms with Gasteiger partial charge in [-0.1, -0.05) is 6.07 Å². The topological polar surface area (TPSA) is 57.6 Å². The molecule has 21 heavy (non-hydrogen) atoms. The summed E-state index contributed by atoms with van der Waals surface area (Å²) in [4.78, 5) is 25.6. The standard InChI is InChI=1S/C15H14FNO3S/c16-10-4-3-9-6-13(21-12(9)7-10)15(20)17-5-1-2-11(17)8-14(18)19/h3-4,6-7,11H,1-2,5,8H2,(H,18,19). The zero-order chi connectivity index (χ0) is 15.0. The highest BCUT2D eigenvalue weighted by Gasteiger charge is 2.31. The molecule has 4 nitrogen and oxygen atoms in total. The average molecular weight is 307 g/mol. The molecule has 1 aliphatic rings. The highest BCUT2D eigenvalue weighted by molar-refractivity contribution is 7.20. The van der Waals surface area contributed by atoms with Crippen molar-refractivity contribution in [2.24, 2.45) is 0 Å². The predicted molar refractivity (Wildman–Crippen MR) is 78.1 cm³/mol. The Morgan fingerprint density at radius 2 is 2.19 bits per heavy atom. The van der Waals surface area contributed by atoms with Crippen LogP contribution in [0.25, 0.3) is 10.1 Å². The summed E-state index contributed by atoms with van der Waals surface area (Å²) in [6.45, 7) is 0.583. The third kappa shape index (κ3) is 2.76. The van der Waals surface area contributed by atoms with Gasteiger partial charge in [0.1, 0.15) is 5.82 Å². The van der Waals surface area contributed by atoms with Crippen molar-refractivity contribution in [3.63, 3.8) is 0 Å². The minimum Gasteiger partial charge on any atom is -0.481 e. The molecule has 1 aromatic carbocycles. The van der Waals surface area contributed by atoms with E-state index in [1.54, 1.807) is 17.0 Å². The SMILES string of the molecule is O=C(O)CC1CCCN1C(=O)c1cc2ccc(F)cc2s1. The fraction of sp³-hybridized carbons (Fsp3) is 0.333. The van der Waals surface area contributed by atoms with E-state index in [4.69, 9.17) is 5.11 Å². The third-order valence-electron chi connectivity index (χ3n) is 3.74. The lowest BCUT2D eigenvalue weighted by Crippen LogP contribution is -2.36. The summed E-state index contributed by atoms with van der Waals surface area (Å²) in [6, 6.07) is 5.94. The van der Waals surface area contributed by atoms with E-state index in [1.165, 1.54) is 23.5 Å². The van der Waals surface area contributed by atoms with Crippen molar-refractivity contribution in [2.45, 2.75) is 25.3 Å². The number of hydrogen-bond donors (Lipinski definition) is 1. The van der Waals surface area contributed by atoms with Crippen LogP contribution in [0.5, 0.6) is 0 Å². The molecule has 0 spiro atoms. The van der Waals surface area contributed by atoms with Gasteiger partial charge in [0.2, 0.25) is 0 Å². The summed E-state index contributed by atoms with van der Waals surface area (Å²) in [5.74, 6) is -1.37. The lowest BCUT2D eigenvalue weighted by molar-refractivity contribution is -0.137. The number of benzene rings is 1. The van der Waals surface area contributed by atoms with E-state index < -0.39 is 5.97 Å². The molecule has 1 saturated heterocycles. The van der Waals surface area contributed by atoms with Gasteiger partial charge >= 0.3 is 5.97 Å². The van der Waals surface area contributed by atoms with Crippen molar-refractivity contribution in [2.75, 3.05) is 6.54 Å². The molecule has 1 fully saturated rings. The summed E-state index contributed by atoms with van der Waals surface area (Å²) in [5, 5.41) is 9.74. The molecule has 2 heterocycles. The molecular formula is C15H14FNO3S. The first-order valence-corrected chi connectivity index (χ1v) is 7.58. The van der Waals surface area contributed by atoms with Crippen LogP contribution in [0, 0.1) is 5.82 Å². The number of fused-ring (bicyclic) bond motifs is 1. The van der Waals surface area contributed by atoms with E-state index in [0.717, 1.165) is 22.9 Å². The van der Waals surface area contributed by atoms with Crippen LogP contribution >= 0.6 is 11.3 Å². The smallest absolute Gasteiger partial charge is 0.305 e. The summed E-state index contributed by atoms with van der Waals surface area (Å²) in [7, 11) is 0. The number of carboxylic acid groups (broad SMARTS) is 1. The number of amides is 1. The molecule has 1 atom stereocenters. The van der Waals surface area contributed by atoms with Crippen molar-refractivity contribution in [3.05, 3.63) is 35.0 Å². The summed E-state index contributed by atoms with van der Waals surface area (Å²) >= 11 is 1.25. The van der Waals surface area contributed by atoms with Gasteiger partial charge < -0.3 is 10.0 Å². The number of rotatable bonds is 3. The largest absolute Gasteiger partial charge is 0.481 e. The highest BCUT2D eigenvalue weighted by Crippen LogP contribution is 2.30. The first-order chi connectivity index (χ1) is 10.0. The minimum absolute atomic E-state index is 0.0226. The molecule has 2 aromatic rings. The summed E-state index contributed by atoms with van der Waals surface area (Å²) in [6.07, 6.45) is 1.52. The van der Waals surface area contributed by atoms with Crippen LogP contribution in [-0.4, -0.2) is 34.5 Å². The van der Waals surface area contributed by atoms with Gasteiger partial charge in [-0.2, -0.15) is 0 Å². The van der Waals surface area contributed by atoms with Crippen LogP contribution in [0.2, 0.25) is 0 Å². The average Bonchev–Trinajstić information content (AvgIpc) is 3.03. The van der Waals surface area contributed by atoms with Crippen LogP contribution in [0.4, 0.5) is 4.39 Å². The van der Waals surface area contributed by atoms with E-state index >= 15 is 0 Å². The van der Waals surface area contributed by atoms with Gasteiger partial charge in [0, 0.05) is 17.3 Å². The zero-order valence-corrected chi connectivity index (χ0v) is 12.0. The van der Waals surface area contributed by atoms with Gasteiger partial charge in [-0.15, -0.1) is 11.3 Å². The van der Waals surface area contributed by atoms with Crippen molar-refractivity contribution in [3.8, 4) is 0 Å². The molecule has 1 aliphatic heterocycles. The quantitative estimate of drug-likeness (QED) is 0.948. The fourth-order valence-electron chi connectivity index (χ4n) is 2.77.